The first-order valence-electron chi connectivity index (χ1n) is 9.30. The summed E-state index contributed by atoms with van der Waals surface area (Å²) in [4.78, 5) is 6.88. The highest BCUT2D eigenvalue weighted by atomic mass is 16.5. The van der Waals surface area contributed by atoms with Gasteiger partial charge >= 0.3 is 0 Å². The number of hydrogen-bond donors (Lipinski definition) is 2. The molecule has 3 aromatic rings. The Balaban J connectivity index is 1.97. The number of ether oxygens (including phenoxy) is 1. The van der Waals surface area contributed by atoms with Gasteiger partial charge in [0.1, 0.15) is 11.5 Å². The first kappa shape index (κ1) is 19.0. The second-order valence-electron chi connectivity index (χ2n) is 6.62. The second kappa shape index (κ2) is 8.27. The standard InChI is InChI=1S/C22H27N3O2/c1-5-25(6-2)14-16-12-17(7-10-22(16)26)24-21-11-15(3)23-20-9-8-18(27-4)13-19(20)21/h7-13,26H,5-6,14H2,1-4H3,(H,23,24). The highest BCUT2D eigenvalue weighted by molar-refractivity contribution is 5.94. The summed E-state index contributed by atoms with van der Waals surface area (Å²) in [5.74, 6) is 1.12. The number of benzene rings is 2. The van der Waals surface area contributed by atoms with Crippen LogP contribution in [0.5, 0.6) is 11.5 Å². The lowest BCUT2D eigenvalue weighted by Gasteiger charge is -2.19. The molecule has 3 rings (SSSR count). The van der Waals surface area contributed by atoms with Crippen LogP contribution < -0.4 is 10.1 Å². The van der Waals surface area contributed by atoms with Crippen LogP contribution in [-0.4, -0.2) is 35.2 Å². The number of phenols is 1. The van der Waals surface area contributed by atoms with E-state index in [0.717, 1.165) is 58.9 Å². The van der Waals surface area contributed by atoms with Gasteiger partial charge in [0.2, 0.25) is 0 Å². The maximum atomic E-state index is 10.2. The quantitative estimate of drug-likeness (QED) is 0.587. The topological polar surface area (TPSA) is 57.6 Å². The monoisotopic (exact) mass is 365 g/mol. The number of pyridine rings is 1. The van der Waals surface area contributed by atoms with E-state index in [-0.39, 0.29) is 0 Å². The van der Waals surface area contributed by atoms with E-state index in [1.807, 2.05) is 43.3 Å². The molecule has 5 heteroatoms. The minimum atomic E-state index is 0.324. The van der Waals surface area contributed by atoms with Crippen LogP contribution in [0.15, 0.2) is 42.5 Å². The van der Waals surface area contributed by atoms with Crippen LogP contribution in [0.3, 0.4) is 0 Å². The molecule has 5 nitrogen and oxygen atoms in total. The van der Waals surface area contributed by atoms with Gasteiger partial charge in [-0.2, -0.15) is 0 Å². The van der Waals surface area contributed by atoms with Gasteiger partial charge in [0.15, 0.2) is 0 Å². The van der Waals surface area contributed by atoms with Crippen molar-refractivity contribution in [2.45, 2.75) is 27.3 Å². The molecule has 0 fully saturated rings. The fourth-order valence-electron chi connectivity index (χ4n) is 3.20. The normalized spacial score (nSPS) is 11.1. The van der Waals surface area contributed by atoms with Crippen molar-refractivity contribution in [3.05, 3.63) is 53.7 Å². The first-order valence-corrected chi connectivity index (χ1v) is 9.30. The molecule has 0 amide bonds. The van der Waals surface area contributed by atoms with Crippen LogP contribution in [0.1, 0.15) is 25.1 Å². The molecule has 2 aromatic carbocycles. The molecule has 0 aliphatic rings. The van der Waals surface area contributed by atoms with E-state index in [1.54, 1.807) is 13.2 Å². The van der Waals surface area contributed by atoms with E-state index in [1.165, 1.54) is 0 Å². The van der Waals surface area contributed by atoms with Crippen molar-refractivity contribution >= 4 is 22.3 Å². The van der Waals surface area contributed by atoms with E-state index in [4.69, 9.17) is 4.74 Å². The Labute approximate surface area is 160 Å². The Kier molecular flexibility index (Phi) is 5.81. The van der Waals surface area contributed by atoms with Gasteiger partial charge in [0, 0.05) is 34.6 Å². The number of hydrogen-bond acceptors (Lipinski definition) is 5. The summed E-state index contributed by atoms with van der Waals surface area (Å²) in [5.41, 5.74) is 4.68. The molecule has 0 saturated heterocycles. The molecule has 1 aromatic heterocycles. The number of aryl methyl sites for hydroxylation is 1. The third-order valence-corrected chi connectivity index (χ3v) is 4.79. The minimum absolute atomic E-state index is 0.324. The Morgan fingerprint density at radius 2 is 1.85 bits per heavy atom. The van der Waals surface area contributed by atoms with Gasteiger partial charge in [-0.25, -0.2) is 0 Å². The molecule has 0 atom stereocenters. The van der Waals surface area contributed by atoms with Crippen LogP contribution in [0.4, 0.5) is 11.4 Å². The average molecular weight is 365 g/mol. The molecule has 142 valence electrons. The van der Waals surface area contributed by atoms with Gasteiger partial charge in [-0.15, -0.1) is 0 Å². The van der Waals surface area contributed by atoms with Gasteiger partial charge in [-0.05, 0) is 62.5 Å². The van der Waals surface area contributed by atoms with Crippen molar-refractivity contribution in [2.24, 2.45) is 0 Å². The molecule has 27 heavy (non-hydrogen) atoms. The van der Waals surface area contributed by atoms with Gasteiger partial charge in [0.25, 0.3) is 0 Å². The summed E-state index contributed by atoms with van der Waals surface area (Å²) < 4.78 is 5.37. The zero-order chi connectivity index (χ0) is 19.4. The Morgan fingerprint density at radius 3 is 2.56 bits per heavy atom. The maximum Gasteiger partial charge on any atom is 0.120 e. The van der Waals surface area contributed by atoms with Gasteiger partial charge in [-0.3, -0.25) is 9.88 Å². The summed E-state index contributed by atoms with van der Waals surface area (Å²) in [7, 11) is 1.66. The van der Waals surface area contributed by atoms with Crippen LogP contribution in [0, 0.1) is 6.92 Å². The first-order chi connectivity index (χ1) is 13.0. The number of nitrogens with zero attached hydrogens (tertiary/aromatic N) is 2. The number of rotatable bonds is 7. The van der Waals surface area contributed by atoms with E-state index in [9.17, 15) is 5.11 Å². The van der Waals surface area contributed by atoms with Crippen LogP contribution in [0.25, 0.3) is 10.9 Å². The molecule has 1 heterocycles. The third kappa shape index (κ3) is 4.31. The van der Waals surface area contributed by atoms with E-state index < -0.39 is 0 Å². The molecule has 0 aliphatic heterocycles. The summed E-state index contributed by atoms with van der Waals surface area (Å²) in [6, 6.07) is 13.5. The SMILES string of the molecule is CCN(CC)Cc1cc(Nc2cc(C)nc3ccc(OC)cc23)ccc1O. The van der Waals surface area contributed by atoms with Crippen molar-refractivity contribution in [3.8, 4) is 11.5 Å². The van der Waals surface area contributed by atoms with Crippen molar-refractivity contribution < 1.29 is 9.84 Å². The van der Waals surface area contributed by atoms with E-state index in [0.29, 0.717) is 5.75 Å². The van der Waals surface area contributed by atoms with Gasteiger partial charge < -0.3 is 15.2 Å². The fourth-order valence-corrected chi connectivity index (χ4v) is 3.20. The van der Waals surface area contributed by atoms with Crippen molar-refractivity contribution in [1.29, 1.82) is 0 Å². The summed E-state index contributed by atoms with van der Waals surface area (Å²) in [6.45, 7) is 8.85. The molecule has 2 N–H and O–H groups in total. The van der Waals surface area contributed by atoms with Crippen molar-refractivity contribution in [3.63, 3.8) is 0 Å². The largest absolute Gasteiger partial charge is 0.508 e. The van der Waals surface area contributed by atoms with Gasteiger partial charge in [0.05, 0.1) is 12.6 Å². The summed E-state index contributed by atoms with van der Waals surface area (Å²) >= 11 is 0. The molecule has 0 spiro atoms. The number of methoxy groups -OCH3 is 1. The highest BCUT2D eigenvalue weighted by Gasteiger charge is 2.10. The predicted molar refractivity (Wildman–Crippen MR) is 111 cm³/mol. The number of aromatic hydroxyl groups is 1. The second-order valence-corrected chi connectivity index (χ2v) is 6.62. The summed E-state index contributed by atoms with van der Waals surface area (Å²) in [5, 5.41) is 14.7. The summed E-state index contributed by atoms with van der Waals surface area (Å²) in [6.07, 6.45) is 0. The van der Waals surface area contributed by atoms with Crippen LogP contribution >= 0.6 is 0 Å². The van der Waals surface area contributed by atoms with E-state index in [2.05, 4.69) is 29.0 Å². The molecule has 0 aliphatic carbocycles. The van der Waals surface area contributed by atoms with Crippen molar-refractivity contribution in [2.75, 3.05) is 25.5 Å². The number of aromatic nitrogens is 1. The lowest BCUT2D eigenvalue weighted by molar-refractivity contribution is 0.291. The number of nitrogens with one attached hydrogen (secondary N) is 1. The fraction of sp³-hybridized carbons (Fsp3) is 0.318. The molecular weight excluding hydrogens is 338 g/mol. The van der Waals surface area contributed by atoms with Crippen LogP contribution in [0.2, 0.25) is 0 Å². The average Bonchev–Trinajstić information content (AvgIpc) is 2.68. The zero-order valence-corrected chi connectivity index (χ0v) is 16.4. The Bertz CT molecular complexity index is 936. The van der Waals surface area contributed by atoms with Crippen molar-refractivity contribution in [1.82, 2.24) is 9.88 Å². The lowest BCUT2D eigenvalue weighted by Crippen LogP contribution is -2.22. The van der Waals surface area contributed by atoms with E-state index >= 15 is 0 Å². The molecule has 0 unspecified atom stereocenters. The molecule has 0 radical (unpaired) electrons. The lowest BCUT2D eigenvalue weighted by atomic mass is 10.1. The highest BCUT2D eigenvalue weighted by Crippen LogP contribution is 2.31. The zero-order valence-electron chi connectivity index (χ0n) is 16.4. The molecular formula is C22H27N3O2. The molecule has 0 saturated carbocycles. The smallest absolute Gasteiger partial charge is 0.120 e. The maximum absolute atomic E-state index is 10.2. The number of phenolic OH excluding ortho intramolecular Hbond substituents is 1. The number of fused-ring (bicyclic) bond motifs is 1. The van der Waals surface area contributed by atoms with Gasteiger partial charge in [-0.1, -0.05) is 13.8 Å². The Hall–Kier alpha value is -2.79. The molecule has 0 bridgehead atoms. The minimum Gasteiger partial charge on any atom is -0.508 e. The third-order valence-electron chi connectivity index (χ3n) is 4.79. The number of anilines is 2. The predicted octanol–water partition coefficient (Wildman–Crippen LogP) is 4.84. The van der Waals surface area contributed by atoms with Crippen LogP contribution in [-0.2, 0) is 6.54 Å². The Morgan fingerprint density at radius 1 is 1.07 bits per heavy atom.